The van der Waals surface area contributed by atoms with Crippen molar-refractivity contribution in [1.29, 1.82) is 0 Å². The lowest BCUT2D eigenvalue weighted by Gasteiger charge is -2.27. The highest BCUT2D eigenvalue weighted by Crippen LogP contribution is 2.20. The van der Waals surface area contributed by atoms with Crippen molar-refractivity contribution in [2.45, 2.75) is 31.9 Å². The van der Waals surface area contributed by atoms with Gasteiger partial charge in [0.25, 0.3) is 0 Å². The molecule has 1 aliphatic heterocycles. The minimum Gasteiger partial charge on any atom is -0.468 e. The normalized spacial score (nSPS) is 19.7. The minimum absolute atomic E-state index is 0.460. The maximum atomic E-state index is 12.1. The molecule has 1 saturated heterocycles. The molecule has 0 bridgehead atoms. The summed E-state index contributed by atoms with van der Waals surface area (Å²) in [6.07, 6.45) is 0.601. The average Bonchev–Trinajstić information content (AvgIpc) is 3.05. The molecule has 23 heavy (non-hydrogen) atoms. The number of methoxy groups -OCH3 is 2. The molecule has 3 N–H and O–H groups in total. The maximum absolute atomic E-state index is 12.1. The first-order valence-electron chi connectivity index (χ1n) is 7.20. The molecule has 9 nitrogen and oxygen atoms in total. The van der Waals surface area contributed by atoms with Gasteiger partial charge in [0.15, 0.2) is 5.92 Å². The SMILES string of the molecule is COC(=O)C(C(=O)OC)[C@H](C)[C@@H](NC(=O)[C@@H]1CCCO1)C(N)=O. The third-order valence-corrected chi connectivity index (χ3v) is 3.79. The zero-order chi connectivity index (χ0) is 17.6. The van der Waals surface area contributed by atoms with Gasteiger partial charge in [0, 0.05) is 12.5 Å². The lowest BCUT2D eigenvalue weighted by molar-refractivity contribution is -0.162. The van der Waals surface area contributed by atoms with Crippen LogP contribution in [0.4, 0.5) is 0 Å². The topological polar surface area (TPSA) is 134 Å². The van der Waals surface area contributed by atoms with E-state index in [0.29, 0.717) is 13.0 Å². The third-order valence-electron chi connectivity index (χ3n) is 3.79. The molecule has 0 spiro atoms. The van der Waals surface area contributed by atoms with Crippen LogP contribution in [0.3, 0.4) is 0 Å². The van der Waals surface area contributed by atoms with E-state index >= 15 is 0 Å². The Hall–Kier alpha value is -2.16. The number of amides is 2. The second-order valence-corrected chi connectivity index (χ2v) is 5.27. The van der Waals surface area contributed by atoms with Gasteiger partial charge in [0.05, 0.1) is 14.2 Å². The van der Waals surface area contributed by atoms with Crippen LogP contribution in [0.1, 0.15) is 19.8 Å². The van der Waals surface area contributed by atoms with Crippen LogP contribution < -0.4 is 11.1 Å². The van der Waals surface area contributed by atoms with E-state index in [0.717, 1.165) is 20.6 Å². The van der Waals surface area contributed by atoms with Crippen LogP contribution in [-0.2, 0) is 33.4 Å². The standard InChI is InChI=1S/C14H22N2O7/c1-7(9(13(19)21-2)14(20)22-3)10(11(15)17)16-12(18)8-5-4-6-23-8/h7-10H,4-6H2,1-3H3,(H2,15,17)(H,16,18)/t7-,8-,10+/m0/s1. The first kappa shape index (κ1) is 18.9. The van der Waals surface area contributed by atoms with Gasteiger partial charge in [-0.1, -0.05) is 6.92 Å². The Bertz CT molecular complexity index is 458. The molecule has 1 rings (SSSR count). The van der Waals surface area contributed by atoms with E-state index in [9.17, 15) is 19.2 Å². The Morgan fingerprint density at radius 2 is 1.74 bits per heavy atom. The van der Waals surface area contributed by atoms with E-state index < -0.39 is 47.7 Å². The molecule has 0 aromatic carbocycles. The van der Waals surface area contributed by atoms with Gasteiger partial charge in [0.1, 0.15) is 12.1 Å². The average molecular weight is 330 g/mol. The van der Waals surface area contributed by atoms with E-state index in [2.05, 4.69) is 14.8 Å². The molecule has 3 atom stereocenters. The molecular formula is C14H22N2O7. The van der Waals surface area contributed by atoms with Gasteiger partial charge in [-0.25, -0.2) is 0 Å². The lowest BCUT2D eigenvalue weighted by Crippen LogP contribution is -2.54. The summed E-state index contributed by atoms with van der Waals surface area (Å²) >= 11 is 0. The van der Waals surface area contributed by atoms with Crippen LogP contribution in [-0.4, -0.2) is 56.7 Å². The van der Waals surface area contributed by atoms with Crippen molar-refractivity contribution in [3.05, 3.63) is 0 Å². The van der Waals surface area contributed by atoms with Gasteiger partial charge in [-0.3, -0.25) is 19.2 Å². The van der Waals surface area contributed by atoms with E-state index in [1.54, 1.807) is 0 Å². The Balaban J connectivity index is 2.92. The molecule has 2 amide bonds. The first-order valence-corrected chi connectivity index (χ1v) is 7.20. The van der Waals surface area contributed by atoms with E-state index in [1.807, 2.05) is 0 Å². The fraction of sp³-hybridized carbons (Fsp3) is 0.714. The fourth-order valence-electron chi connectivity index (χ4n) is 2.46. The number of hydrogen-bond donors (Lipinski definition) is 2. The summed E-state index contributed by atoms with van der Waals surface area (Å²) in [7, 11) is 2.21. The molecule has 0 radical (unpaired) electrons. The minimum atomic E-state index is -1.38. The number of nitrogens with two attached hydrogens (primary N) is 1. The molecule has 130 valence electrons. The van der Waals surface area contributed by atoms with Crippen LogP contribution >= 0.6 is 0 Å². The predicted molar refractivity (Wildman–Crippen MR) is 76.8 cm³/mol. The number of rotatable bonds is 7. The molecule has 1 aliphatic rings. The highest BCUT2D eigenvalue weighted by Gasteiger charge is 2.42. The van der Waals surface area contributed by atoms with Gasteiger partial charge in [-0.15, -0.1) is 0 Å². The van der Waals surface area contributed by atoms with Crippen LogP contribution in [0.15, 0.2) is 0 Å². The van der Waals surface area contributed by atoms with Crippen LogP contribution in [0, 0.1) is 11.8 Å². The van der Waals surface area contributed by atoms with Crippen molar-refractivity contribution in [2.24, 2.45) is 17.6 Å². The van der Waals surface area contributed by atoms with E-state index in [-0.39, 0.29) is 0 Å². The van der Waals surface area contributed by atoms with Gasteiger partial charge in [-0.05, 0) is 12.8 Å². The van der Waals surface area contributed by atoms with E-state index in [4.69, 9.17) is 10.5 Å². The smallest absolute Gasteiger partial charge is 0.320 e. The molecule has 1 fully saturated rings. The Morgan fingerprint density at radius 3 is 2.13 bits per heavy atom. The van der Waals surface area contributed by atoms with Crippen LogP contribution in [0.25, 0.3) is 0 Å². The van der Waals surface area contributed by atoms with Gasteiger partial charge in [-0.2, -0.15) is 0 Å². The summed E-state index contributed by atoms with van der Waals surface area (Å²) in [6, 6.07) is -1.24. The quantitative estimate of drug-likeness (QED) is 0.439. The summed E-state index contributed by atoms with van der Waals surface area (Å²) in [5.41, 5.74) is 5.31. The van der Waals surface area contributed by atoms with Crippen LogP contribution in [0.5, 0.6) is 0 Å². The summed E-state index contributed by atoms with van der Waals surface area (Å²) < 4.78 is 14.3. The van der Waals surface area contributed by atoms with Gasteiger partial charge >= 0.3 is 11.9 Å². The zero-order valence-corrected chi connectivity index (χ0v) is 13.4. The Kier molecular flexibility index (Phi) is 6.95. The largest absolute Gasteiger partial charge is 0.468 e. The second kappa shape index (κ2) is 8.47. The van der Waals surface area contributed by atoms with Crippen molar-refractivity contribution in [3.8, 4) is 0 Å². The molecule has 0 aliphatic carbocycles. The molecule has 9 heteroatoms. The van der Waals surface area contributed by atoms with Crippen molar-refractivity contribution in [1.82, 2.24) is 5.32 Å². The molecule has 0 aromatic heterocycles. The summed E-state index contributed by atoms with van der Waals surface area (Å²) in [5.74, 6) is -5.46. The van der Waals surface area contributed by atoms with Gasteiger partial charge in [0.2, 0.25) is 11.8 Å². The zero-order valence-electron chi connectivity index (χ0n) is 13.4. The second-order valence-electron chi connectivity index (χ2n) is 5.27. The molecular weight excluding hydrogens is 308 g/mol. The fourth-order valence-corrected chi connectivity index (χ4v) is 2.46. The van der Waals surface area contributed by atoms with Crippen molar-refractivity contribution < 1.29 is 33.4 Å². The summed E-state index contributed by atoms with van der Waals surface area (Å²) in [4.78, 5) is 47.4. The number of primary amides is 1. The summed E-state index contributed by atoms with van der Waals surface area (Å²) in [6.45, 7) is 1.89. The molecule has 0 aromatic rings. The highest BCUT2D eigenvalue weighted by molar-refractivity contribution is 5.97. The van der Waals surface area contributed by atoms with E-state index in [1.165, 1.54) is 6.92 Å². The maximum Gasteiger partial charge on any atom is 0.320 e. The Labute approximate surface area is 133 Å². The monoisotopic (exact) mass is 330 g/mol. The van der Waals surface area contributed by atoms with Gasteiger partial charge < -0.3 is 25.3 Å². The number of carbonyl (C=O) groups is 4. The number of nitrogens with one attached hydrogen (secondary N) is 1. The number of hydrogen-bond acceptors (Lipinski definition) is 7. The molecule has 1 heterocycles. The number of carbonyl (C=O) groups excluding carboxylic acids is 4. The molecule has 0 saturated carbocycles. The Morgan fingerprint density at radius 1 is 1.17 bits per heavy atom. The molecule has 0 unspecified atom stereocenters. The van der Waals surface area contributed by atoms with Crippen molar-refractivity contribution in [2.75, 3.05) is 20.8 Å². The number of ether oxygens (including phenoxy) is 3. The third kappa shape index (κ3) is 4.65. The predicted octanol–water partition coefficient (Wildman–Crippen LogP) is -1.27. The van der Waals surface area contributed by atoms with Crippen molar-refractivity contribution >= 4 is 23.8 Å². The first-order chi connectivity index (χ1) is 10.8. The number of esters is 2. The van der Waals surface area contributed by atoms with Crippen LogP contribution in [0.2, 0.25) is 0 Å². The summed E-state index contributed by atoms with van der Waals surface area (Å²) in [5, 5.41) is 2.44. The lowest BCUT2D eigenvalue weighted by atomic mass is 9.86. The highest BCUT2D eigenvalue weighted by atomic mass is 16.5. The van der Waals surface area contributed by atoms with Crippen molar-refractivity contribution in [3.63, 3.8) is 0 Å².